The summed E-state index contributed by atoms with van der Waals surface area (Å²) < 4.78 is 0. The summed E-state index contributed by atoms with van der Waals surface area (Å²) in [6, 6.07) is 16.4. The fourth-order valence-electron chi connectivity index (χ4n) is 1.39. The Bertz CT molecular complexity index is 386. The summed E-state index contributed by atoms with van der Waals surface area (Å²) in [5.41, 5.74) is 8.35. The van der Waals surface area contributed by atoms with E-state index in [4.69, 9.17) is 0 Å². The van der Waals surface area contributed by atoms with Crippen LogP contribution in [0.15, 0.2) is 48.5 Å². The highest BCUT2D eigenvalue weighted by Gasteiger charge is 1.94. The molecule has 0 aliphatic heterocycles. The Morgan fingerprint density at radius 1 is 0.800 bits per heavy atom. The van der Waals surface area contributed by atoms with Crippen LogP contribution in [0.4, 0.5) is 17.1 Å². The van der Waals surface area contributed by atoms with Crippen LogP contribution in [-0.4, -0.2) is 0 Å². The average molecular weight is 199 g/mol. The standard InChI is InChI=1S/C13H14N2/c1-10-2-6-12(7-3-10)15-13-8-4-11(14)5-9-13/h2-9,15H,14H2,1H3/p+1. The second-order valence-electron chi connectivity index (χ2n) is 3.69. The minimum atomic E-state index is 1.03. The van der Waals surface area contributed by atoms with Gasteiger partial charge in [-0.1, -0.05) is 17.7 Å². The summed E-state index contributed by atoms with van der Waals surface area (Å²) in [6.45, 7) is 2.08. The Labute approximate surface area is 89.7 Å². The lowest BCUT2D eigenvalue weighted by molar-refractivity contribution is -0.254. The predicted molar refractivity (Wildman–Crippen MR) is 63.5 cm³/mol. The minimum absolute atomic E-state index is 1.03. The largest absolute Gasteiger partial charge is 0.356 e. The van der Waals surface area contributed by atoms with E-state index in [1.807, 2.05) is 24.3 Å². The van der Waals surface area contributed by atoms with Gasteiger partial charge in [0.05, 0.1) is 0 Å². The molecule has 0 saturated heterocycles. The fraction of sp³-hybridized carbons (Fsp3) is 0.0769. The second-order valence-corrected chi connectivity index (χ2v) is 3.69. The first-order valence-corrected chi connectivity index (χ1v) is 5.00. The Morgan fingerprint density at radius 2 is 1.27 bits per heavy atom. The van der Waals surface area contributed by atoms with Crippen molar-refractivity contribution in [3.63, 3.8) is 0 Å². The second kappa shape index (κ2) is 4.15. The summed E-state index contributed by atoms with van der Waals surface area (Å²) in [6.07, 6.45) is 0. The van der Waals surface area contributed by atoms with Crippen LogP contribution in [0.5, 0.6) is 0 Å². The van der Waals surface area contributed by atoms with Crippen molar-refractivity contribution in [3.05, 3.63) is 54.1 Å². The molecule has 2 rings (SSSR count). The van der Waals surface area contributed by atoms with Crippen molar-refractivity contribution in [2.24, 2.45) is 0 Å². The van der Waals surface area contributed by atoms with Crippen LogP contribution >= 0.6 is 0 Å². The lowest BCUT2D eigenvalue weighted by Gasteiger charge is -2.06. The quantitative estimate of drug-likeness (QED) is 0.766. The highest BCUT2D eigenvalue weighted by Crippen LogP contribution is 2.17. The predicted octanol–water partition coefficient (Wildman–Crippen LogP) is 2.61. The monoisotopic (exact) mass is 199 g/mol. The van der Waals surface area contributed by atoms with E-state index in [9.17, 15) is 0 Å². The number of rotatable bonds is 2. The zero-order valence-electron chi connectivity index (χ0n) is 8.83. The lowest BCUT2D eigenvalue weighted by Crippen LogP contribution is -2.39. The van der Waals surface area contributed by atoms with Crippen LogP contribution in [0.25, 0.3) is 0 Å². The average Bonchev–Trinajstić information content (AvgIpc) is 2.25. The Kier molecular flexibility index (Phi) is 2.70. The van der Waals surface area contributed by atoms with Crippen LogP contribution < -0.4 is 11.1 Å². The molecule has 0 bridgehead atoms. The van der Waals surface area contributed by atoms with Gasteiger partial charge < -0.3 is 11.1 Å². The zero-order valence-corrected chi connectivity index (χ0v) is 8.83. The zero-order chi connectivity index (χ0) is 10.7. The SMILES string of the molecule is Cc1ccc(Nc2ccc([NH3+])cc2)cc1. The molecule has 0 radical (unpaired) electrons. The molecule has 15 heavy (non-hydrogen) atoms. The van der Waals surface area contributed by atoms with E-state index in [0.29, 0.717) is 0 Å². The third-order valence-electron chi connectivity index (χ3n) is 2.29. The summed E-state index contributed by atoms with van der Waals surface area (Å²) >= 11 is 0. The van der Waals surface area contributed by atoms with Gasteiger partial charge in [-0.05, 0) is 31.2 Å². The molecule has 2 nitrogen and oxygen atoms in total. The lowest BCUT2D eigenvalue weighted by atomic mass is 10.2. The molecule has 2 aromatic rings. The molecule has 0 atom stereocenters. The summed E-state index contributed by atoms with van der Waals surface area (Å²) in [7, 11) is 0. The van der Waals surface area contributed by atoms with E-state index in [0.717, 1.165) is 17.1 Å². The van der Waals surface area contributed by atoms with Gasteiger partial charge >= 0.3 is 0 Å². The smallest absolute Gasteiger partial charge is 0.128 e. The first-order valence-electron chi connectivity index (χ1n) is 5.00. The Hall–Kier alpha value is -1.80. The molecule has 0 aliphatic rings. The molecule has 0 aliphatic carbocycles. The third kappa shape index (κ3) is 2.58. The third-order valence-corrected chi connectivity index (χ3v) is 2.29. The van der Waals surface area contributed by atoms with Crippen molar-refractivity contribution in [1.29, 1.82) is 0 Å². The number of benzene rings is 2. The molecule has 2 aromatic carbocycles. The maximum absolute atomic E-state index is 3.85. The number of nitrogens with one attached hydrogen (secondary N) is 1. The van der Waals surface area contributed by atoms with E-state index in [1.54, 1.807) is 0 Å². The van der Waals surface area contributed by atoms with Gasteiger partial charge in [-0.15, -0.1) is 0 Å². The maximum atomic E-state index is 3.85. The van der Waals surface area contributed by atoms with Crippen molar-refractivity contribution in [3.8, 4) is 0 Å². The first-order chi connectivity index (χ1) is 7.24. The van der Waals surface area contributed by atoms with E-state index < -0.39 is 0 Å². The first kappa shape index (κ1) is 9.74. The molecule has 0 fully saturated rings. The minimum Gasteiger partial charge on any atom is -0.356 e. The highest BCUT2D eigenvalue weighted by molar-refractivity contribution is 5.60. The molecular weight excluding hydrogens is 184 g/mol. The van der Waals surface area contributed by atoms with Crippen LogP contribution in [0.2, 0.25) is 0 Å². The molecule has 0 aromatic heterocycles. The molecule has 2 heteroatoms. The fourth-order valence-corrected chi connectivity index (χ4v) is 1.39. The summed E-state index contributed by atoms with van der Waals surface area (Å²) in [5.74, 6) is 0. The van der Waals surface area contributed by atoms with Crippen LogP contribution in [0.1, 0.15) is 5.56 Å². The van der Waals surface area contributed by atoms with Crippen molar-refractivity contribution < 1.29 is 5.73 Å². The van der Waals surface area contributed by atoms with Crippen molar-refractivity contribution in [1.82, 2.24) is 0 Å². The molecule has 0 amide bonds. The number of hydrogen-bond donors (Lipinski definition) is 2. The van der Waals surface area contributed by atoms with Gasteiger partial charge in [-0.2, -0.15) is 0 Å². The van der Waals surface area contributed by atoms with Gasteiger partial charge in [0.25, 0.3) is 0 Å². The van der Waals surface area contributed by atoms with Crippen LogP contribution in [0.3, 0.4) is 0 Å². The van der Waals surface area contributed by atoms with E-state index in [2.05, 4.69) is 42.2 Å². The number of quaternary nitrogens is 1. The van der Waals surface area contributed by atoms with Gasteiger partial charge in [0.1, 0.15) is 5.69 Å². The van der Waals surface area contributed by atoms with E-state index in [-0.39, 0.29) is 0 Å². The summed E-state index contributed by atoms with van der Waals surface area (Å²) in [5, 5.41) is 3.33. The van der Waals surface area contributed by atoms with Crippen molar-refractivity contribution in [2.45, 2.75) is 6.92 Å². The number of anilines is 2. The normalized spacial score (nSPS) is 10.0. The summed E-state index contributed by atoms with van der Waals surface area (Å²) in [4.78, 5) is 0. The van der Waals surface area contributed by atoms with Crippen LogP contribution in [0, 0.1) is 6.92 Å². The van der Waals surface area contributed by atoms with Gasteiger partial charge in [-0.3, -0.25) is 0 Å². The Morgan fingerprint density at radius 3 is 1.80 bits per heavy atom. The van der Waals surface area contributed by atoms with Gasteiger partial charge in [0, 0.05) is 23.5 Å². The maximum Gasteiger partial charge on any atom is 0.128 e. The van der Waals surface area contributed by atoms with Gasteiger partial charge in [0.2, 0.25) is 0 Å². The molecule has 76 valence electrons. The number of hydrogen-bond acceptors (Lipinski definition) is 1. The van der Waals surface area contributed by atoms with Gasteiger partial charge in [-0.25, -0.2) is 0 Å². The van der Waals surface area contributed by atoms with Crippen LogP contribution in [-0.2, 0) is 0 Å². The van der Waals surface area contributed by atoms with E-state index in [1.165, 1.54) is 5.56 Å². The van der Waals surface area contributed by atoms with Crippen molar-refractivity contribution >= 4 is 17.1 Å². The van der Waals surface area contributed by atoms with E-state index >= 15 is 0 Å². The molecule has 0 spiro atoms. The number of aryl methyl sites for hydroxylation is 1. The van der Waals surface area contributed by atoms with Gasteiger partial charge in [0.15, 0.2) is 0 Å². The Balaban J connectivity index is 2.15. The molecule has 4 N–H and O–H groups in total. The topological polar surface area (TPSA) is 39.7 Å². The molecule has 0 unspecified atom stereocenters. The molecular formula is C13H15N2+. The highest BCUT2D eigenvalue weighted by atomic mass is 14.9. The van der Waals surface area contributed by atoms with Crippen molar-refractivity contribution in [2.75, 3.05) is 5.32 Å². The molecule has 0 saturated carbocycles. The molecule has 0 heterocycles.